The van der Waals surface area contributed by atoms with E-state index < -0.39 is 0 Å². The average molecular weight is 367 g/mol. The first-order chi connectivity index (χ1) is 13.1. The zero-order valence-corrected chi connectivity index (χ0v) is 16.1. The number of fused-ring (bicyclic) bond motifs is 2. The van der Waals surface area contributed by atoms with Crippen molar-refractivity contribution in [2.24, 2.45) is 5.92 Å². The van der Waals surface area contributed by atoms with Crippen molar-refractivity contribution in [1.29, 1.82) is 0 Å². The van der Waals surface area contributed by atoms with Gasteiger partial charge in [0.1, 0.15) is 6.54 Å². The Morgan fingerprint density at radius 1 is 1.11 bits per heavy atom. The van der Waals surface area contributed by atoms with Crippen LogP contribution in [0, 0.1) is 5.92 Å². The van der Waals surface area contributed by atoms with E-state index in [1.54, 1.807) is 6.92 Å². The molecule has 2 fully saturated rings. The number of hydrogen-bond acceptors (Lipinski definition) is 3. The number of Topliss-reactive ketones (excluding diaryl/α,β-unsaturated/α-hetero) is 1. The Balaban J connectivity index is 1.41. The highest BCUT2D eigenvalue weighted by molar-refractivity contribution is 6.07. The molecule has 1 N–H and O–H groups in total. The molecule has 2 aromatic rings. The Morgan fingerprint density at radius 3 is 2.78 bits per heavy atom. The lowest BCUT2D eigenvalue weighted by atomic mass is 9.83. The number of aromatic nitrogens is 1. The minimum absolute atomic E-state index is 0.0267. The summed E-state index contributed by atoms with van der Waals surface area (Å²) in [4.78, 5) is 27.1. The Morgan fingerprint density at radius 2 is 1.93 bits per heavy atom. The quantitative estimate of drug-likeness (QED) is 0.826. The largest absolute Gasteiger partial charge is 0.354 e. The molecule has 0 unspecified atom stereocenters. The van der Waals surface area contributed by atoms with Gasteiger partial charge in [0, 0.05) is 35.2 Å². The van der Waals surface area contributed by atoms with Crippen LogP contribution in [-0.4, -0.2) is 46.8 Å². The number of rotatable bonds is 5. The summed E-state index contributed by atoms with van der Waals surface area (Å²) in [6.07, 6.45) is 8.16. The molecular formula is C22H29N3O2. The minimum atomic E-state index is 0.0267. The molecule has 1 amide bonds. The third kappa shape index (κ3) is 3.79. The summed E-state index contributed by atoms with van der Waals surface area (Å²) in [6, 6.07) is 8.43. The number of hydrogen-bond donors (Lipinski definition) is 1. The zero-order chi connectivity index (χ0) is 18.8. The molecule has 0 spiro atoms. The third-order valence-corrected chi connectivity index (χ3v) is 6.27. The minimum Gasteiger partial charge on any atom is -0.354 e. The van der Waals surface area contributed by atoms with Gasteiger partial charge in [-0.25, -0.2) is 0 Å². The lowest BCUT2D eigenvalue weighted by molar-refractivity contribution is -0.122. The first kappa shape index (κ1) is 18.2. The summed E-state index contributed by atoms with van der Waals surface area (Å²) in [5, 5.41) is 4.09. The number of nitrogens with one attached hydrogen (secondary N) is 1. The van der Waals surface area contributed by atoms with Crippen molar-refractivity contribution < 1.29 is 9.59 Å². The summed E-state index contributed by atoms with van der Waals surface area (Å²) >= 11 is 0. The second-order valence-corrected chi connectivity index (χ2v) is 8.05. The van der Waals surface area contributed by atoms with Crippen molar-refractivity contribution in [2.45, 2.75) is 51.6 Å². The van der Waals surface area contributed by atoms with E-state index in [1.165, 1.54) is 45.2 Å². The topological polar surface area (TPSA) is 54.3 Å². The summed E-state index contributed by atoms with van der Waals surface area (Å²) in [7, 11) is 0. The lowest BCUT2D eigenvalue weighted by Gasteiger charge is -2.44. The van der Waals surface area contributed by atoms with Crippen molar-refractivity contribution in [1.82, 2.24) is 14.8 Å². The van der Waals surface area contributed by atoms with Gasteiger partial charge in [0.2, 0.25) is 5.91 Å². The predicted molar refractivity (Wildman–Crippen MR) is 107 cm³/mol. The summed E-state index contributed by atoms with van der Waals surface area (Å²) in [5.41, 5.74) is 1.62. The molecular weight excluding hydrogens is 338 g/mol. The number of carbonyl (C=O) groups excluding carboxylic acids is 2. The number of para-hydroxylation sites is 1. The van der Waals surface area contributed by atoms with Gasteiger partial charge in [0.15, 0.2) is 5.78 Å². The lowest BCUT2D eigenvalue weighted by Crippen LogP contribution is -2.51. The average Bonchev–Trinajstić information content (AvgIpc) is 3.05. The van der Waals surface area contributed by atoms with Crippen LogP contribution in [0.25, 0.3) is 10.9 Å². The first-order valence-electron chi connectivity index (χ1n) is 10.2. The molecule has 2 aliphatic rings. The van der Waals surface area contributed by atoms with Gasteiger partial charge in [0.05, 0.1) is 0 Å². The van der Waals surface area contributed by atoms with E-state index in [4.69, 9.17) is 0 Å². The van der Waals surface area contributed by atoms with Gasteiger partial charge in [-0.1, -0.05) is 24.6 Å². The Labute approximate surface area is 160 Å². The Kier molecular flexibility index (Phi) is 5.30. The number of benzene rings is 1. The van der Waals surface area contributed by atoms with Crippen LogP contribution in [0.4, 0.5) is 0 Å². The molecule has 3 heterocycles. The molecule has 1 aromatic heterocycles. The fraction of sp³-hybridized carbons (Fsp3) is 0.545. The standard InChI is InChI=1S/C22H29N3O2/c1-16(26)19-14-25(21-10-3-2-8-18(19)21)15-22(27)23-13-17-7-6-12-24-11-5-4-9-20(17)24/h2-3,8,10,14,17,20H,4-7,9,11-13,15H2,1H3,(H,23,27)/t17-,20+/m0/s1. The molecule has 2 aliphatic heterocycles. The van der Waals surface area contributed by atoms with E-state index in [0.717, 1.165) is 17.4 Å². The summed E-state index contributed by atoms with van der Waals surface area (Å²) < 4.78 is 1.90. The molecule has 0 bridgehead atoms. The molecule has 0 saturated carbocycles. The van der Waals surface area contributed by atoms with Crippen LogP contribution in [0.3, 0.4) is 0 Å². The molecule has 144 valence electrons. The molecule has 1 aromatic carbocycles. The summed E-state index contributed by atoms with van der Waals surface area (Å²) in [5.74, 6) is 0.626. The zero-order valence-electron chi connectivity index (χ0n) is 16.1. The molecule has 0 radical (unpaired) electrons. The number of ketones is 1. The van der Waals surface area contributed by atoms with E-state index in [2.05, 4.69) is 10.2 Å². The van der Waals surface area contributed by atoms with Crippen LogP contribution in [-0.2, 0) is 11.3 Å². The van der Waals surface area contributed by atoms with Crippen LogP contribution < -0.4 is 5.32 Å². The smallest absolute Gasteiger partial charge is 0.239 e. The monoisotopic (exact) mass is 367 g/mol. The highest BCUT2D eigenvalue weighted by Crippen LogP contribution is 2.30. The fourth-order valence-electron chi connectivity index (χ4n) is 4.93. The fourth-order valence-corrected chi connectivity index (χ4v) is 4.93. The number of amides is 1. The van der Waals surface area contributed by atoms with Crippen molar-refractivity contribution in [3.8, 4) is 0 Å². The Hall–Kier alpha value is -2.14. The number of carbonyl (C=O) groups is 2. The predicted octanol–water partition coefficient (Wildman–Crippen LogP) is 3.22. The highest BCUT2D eigenvalue weighted by Gasteiger charge is 2.32. The Bertz CT molecular complexity index is 839. The summed E-state index contributed by atoms with van der Waals surface area (Å²) in [6.45, 7) is 5.04. The van der Waals surface area contributed by atoms with Gasteiger partial charge in [0.25, 0.3) is 0 Å². The van der Waals surface area contributed by atoms with Gasteiger partial charge in [-0.05, 0) is 57.7 Å². The van der Waals surface area contributed by atoms with Gasteiger partial charge in [-0.2, -0.15) is 0 Å². The van der Waals surface area contributed by atoms with Gasteiger partial charge in [-0.3, -0.25) is 9.59 Å². The maximum absolute atomic E-state index is 12.6. The van der Waals surface area contributed by atoms with E-state index in [0.29, 0.717) is 17.5 Å². The van der Waals surface area contributed by atoms with Gasteiger partial charge in [-0.15, -0.1) is 0 Å². The molecule has 27 heavy (non-hydrogen) atoms. The van der Waals surface area contributed by atoms with Crippen LogP contribution in [0.15, 0.2) is 30.5 Å². The van der Waals surface area contributed by atoms with Crippen LogP contribution in [0.5, 0.6) is 0 Å². The van der Waals surface area contributed by atoms with E-state index in [9.17, 15) is 9.59 Å². The van der Waals surface area contributed by atoms with E-state index in [-0.39, 0.29) is 18.2 Å². The van der Waals surface area contributed by atoms with Crippen LogP contribution >= 0.6 is 0 Å². The van der Waals surface area contributed by atoms with E-state index >= 15 is 0 Å². The van der Waals surface area contributed by atoms with Crippen LogP contribution in [0.1, 0.15) is 49.4 Å². The molecule has 0 aliphatic carbocycles. The third-order valence-electron chi connectivity index (χ3n) is 6.27. The van der Waals surface area contributed by atoms with Crippen molar-refractivity contribution in [3.63, 3.8) is 0 Å². The highest BCUT2D eigenvalue weighted by atomic mass is 16.2. The second-order valence-electron chi connectivity index (χ2n) is 8.05. The first-order valence-corrected chi connectivity index (χ1v) is 10.2. The molecule has 4 rings (SSSR count). The molecule has 2 saturated heterocycles. The van der Waals surface area contributed by atoms with Gasteiger partial charge >= 0.3 is 0 Å². The maximum Gasteiger partial charge on any atom is 0.239 e. The van der Waals surface area contributed by atoms with Crippen LogP contribution in [0.2, 0.25) is 0 Å². The van der Waals surface area contributed by atoms with Crippen molar-refractivity contribution >= 4 is 22.6 Å². The SMILES string of the molecule is CC(=O)c1cn(CC(=O)NC[C@@H]2CCCN3CCCC[C@H]23)c2ccccc12. The second kappa shape index (κ2) is 7.85. The molecule has 5 heteroatoms. The van der Waals surface area contributed by atoms with Crippen molar-refractivity contribution in [3.05, 3.63) is 36.0 Å². The van der Waals surface area contributed by atoms with E-state index in [1.807, 2.05) is 35.0 Å². The number of nitrogens with zero attached hydrogens (tertiary/aromatic N) is 2. The van der Waals surface area contributed by atoms with Crippen molar-refractivity contribution in [2.75, 3.05) is 19.6 Å². The molecule has 2 atom stereocenters. The maximum atomic E-state index is 12.6. The van der Waals surface area contributed by atoms with Gasteiger partial charge < -0.3 is 14.8 Å². The number of piperidine rings is 2. The molecule has 5 nitrogen and oxygen atoms in total. The normalized spacial score (nSPS) is 23.1.